The number of hydrogen-bond acceptors (Lipinski definition) is 1. The lowest BCUT2D eigenvalue weighted by Crippen LogP contribution is -2.07. The van der Waals surface area contributed by atoms with E-state index in [0.717, 1.165) is 24.7 Å². The Balaban J connectivity index is 3.40. The molecule has 0 saturated heterocycles. The van der Waals surface area contributed by atoms with Gasteiger partial charge in [-0.05, 0) is 31.1 Å². The van der Waals surface area contributed by atoms with Crippen LogP contribution in [0.3, 0.4) is 0 Å². The maximum atomic E-state index is 9.43. The van der Waals surface area contributed by atoms with E-state index in [-0.39, 0.29) is 6.10 Å². The van der Waals surface area contributed by atoms with Crippen molar-refractivity contribution in [3.8, 4) is 0 Å². The van der Waals surface area contributed by atoms with Gasteiger partial charge in [0.05, 0.1) is 6.10 Å². The largest absolute Gasteiger partial charge is 0.393 e. The summed E-state index contributed by atoms with van der Waals surface area (Å²) in [7, 11) is 0. The predicted molar refractivity (Wildman–Crippen MR) is 63.4 cm³/mol. The number of aliphatic hydroxyl groups is 1. The van der Waals surface area contributed by atoms with E-state index in [0.29, 0.717) is 0 Å². The quantitative estimate of drug-likeness (QED) is 0.628. The molecule has 1 nitrogen and oxygen atoms in total. The van der Waals surface area contributed by atoms with Crippen LogP contribution in [0.2, 0.25) is 0 Å². The van der Waals surface area contributed by atoms with Gasteiger partial charge >= 0.3 is 0 Å². The Hall–Kier alpha value is -0.0400. The maximum Gasteiger partial charge on any atom is 0.0537 e. The highest BCUT2D eigenvalue weighted by molar-refractivity contribution is 4.60. The number of aliphatic hydroxyl groups excluding tert-OH is 1. The van der Waals surface area contributed by atoms with E-state index in [9.17, 15) is 5.11 Å². The van der Waals surface area contributed by atoms with Crippen LogP contribution in [-0.4, -0.2) is 11.2 Å². The van der Waals surface area contributed by atoms with Gasteiger partial charge in [0.25, 0.3) is 0 Å². The summed E-state index contributed by atoms with van der Waals surface area (Å²) >= 11 is 0. The second-order valence-electron chi connectivity index (χ2n) is 4.84. The van der Waals surface area contributed by atoms with Crippen molar-refractivity contribution >= 4 is 0 Å². The fraction of sp³-hybridized carbons (Fsp3) is 1.00. The van der Waals surface area contributed by atoms with Crippen LogP contribution in [0.25, 0.3) is 0 Å². The van der Waals surface area contributed by atoms with Gasteiger partial charge in [-0.25, -0.2) is 0 Å². The van der Waals surface area contributed by atoms with E-state index >= 15 is 0 Å². The molecule has 3 unspecified atom stereocenters. The summed E-state index contributed by atoms with van der Waals surface area (Å²) in [5, 5.41) is 9.43. The molecule has 1 heteroatoms. The zero-order valence-electron chi connectivity index (χ0n) is 10.4. The molecule has 0 fully saturated rings. The Morgan fingerprint density at radius 1 is 0.786 bits per heavy atom. The molecule has 0 heterocycles. The summed E-state index contributed by atoms with van der Waals surface area (Å²) in [5.41, 5.74) is 0. The summed E-state index contributed by atoms with van der Waals surface area (Å²) in [5.74, 6) is 1.65. The standard InChI is InChI=1S/C13H28O/c1-5-11(3)7-8-12(4)9-10-13(14)6-2/h11-14H,5-10H2,1-4H3. The lowest BCUT2D eigenvalue weighted by atomic mass is 9.92. The minimum Gasteiger partial charge on any atom is -0.393 e. The zero-order chi connectivity index (χ0) is 11.0. The highest BCUT2D eigenvalue weighted by atomic mass is 16.3. The Bertz CT molecular complexity index is 108. The van der Waals surface area contributed by atoms with Gasteiger partial charge in [0.15, 0.2) is 0 Å². The van der Waals surface area contributed by atoms with Gasteiger partial charge in [-0.2, -0.15) is 0 Å². The van der Waals surface area contributed by atoms with E-state index < -0.39 is 0 Å². The Labute approximate surface area is 89.9 Å². The van der Waals surface area contributed by atoms with E-state index in [1.54, 1.807) is 0 Å². The lowest BCUT2D eigenvalue weighted by molar-refractivity contribution is 0.150. The van der Waals surface area contributed by atoms with Crippen LogP contribution in [0, 0.1) is 11.8 Å². The van der Waals surface area contributed by atoms with E-state index in [1.807, 2.05) is 0 Å². The van der Waals surface area contributed by atoms with Crippen molar-refractivity contribution in [2.75, 3.05) is 0 Å². The molecular formula is C13H28O. The Kier molecular flexibility index (Phi) is 8.26. The fourth-order valence-corrected chi connectivity index (χ4v) is 1.60. The van der Waals surface area contributed by atoms with Gasteiger partial charge < -0.3 is 5.11 Å². The van der Waals surface area contributed by atoms with Crippen LogP contribution in [0.5, 0.6) is 0 Å². The van der Waals surface area contributed by atoms with Crippen LogP contribution < -0.4 is 0 Å². The Morgan fingerprint density at radius 2 is 1.29 bits per heavy atom. The molecule has 3 atom stereocenters. The average Bonchev–Trinajstić information content (AvgIpc) is 2.22. The van der Waals surface area contributed by atoms with Crippen molar-refractivity contribution in [2.24, 2.45) is 11.8 Å². The highest BCUT2D eigenvalue weighted by Gasteiger charge is 2.07. The van der Waals surface area contributed by atoms with Crippen LogP contribution >= 0.6 is 0 Å². The van der Waals surface area contributed by atoms with E-state index in [1.165, 1.54) is 25.7 Å². The first-order valence-corrected chi connectivity index (χ1v) is 6.28. The summed E-state index contributed by atoms with van der Waals surface area (Å²) in [6, 6.07) is 0. The predicted octanol–water partition coefficient (Wildman–Crippen LogP) is 4.00. The molecule has 0 radical (unpaired) electrons. The summed E-state index contributed by atoms with van der Waals surface area (Å²) in [6.07, 6.45) is 6.97. The average molecular weight is 200 g/mol. The van der Waals surface area contributed by atoms with Gasteiger partial charge in [0, 0.05) is 0 Å². The van der Waals surface area contributed by atoms with Crippen molar-refractivity contribution in [1.82, 2.24) is 0 Å². The molecule has 1 N–H and O–H groups in total. The molecule has 0 aromatic rings. The normalized spacial score (nSPS) is 17.8. The molecule has 0 amide bonds. The maximum absolute atomic E-state index is 9.43. The van der Waals surface area contributed by atoms with Crippen molar-refractivity contribution in [2.45, 2.75) is 72.3 Å². The molecule has 0 bridgehead atoms. The monoisotopic (exact) mass is 200 g/mol. The molecular weight excluding hydrogens is 172 g/mol. The van der Waals surface area contributed by atoms with Gasteiger partial charge in [-0.1, -0.05) is 47.0 Å². The minimum absolute atomic E-state index is 0.0685. The van der Waals surface area contributed by atoms with Crippen molar-refractivity contribution in [3.63, 3.8) is 0 Å². The summed E-state index contributed by atoms with van der Waals surface area (Å²) in [4.78, 5) is 0. The van der Waals surface area contributed by atoms with E-state index in [4.69, 9.17) is 0 Å². The van der Waals surface area contributed by atoms with Crippen LogP contribution in [0.4, 0.5) is 0 Å². The van der Waals surface area contributed by atoms with Gasteiger partial charge in [0.1, 0.15) is 0 Å². The molecule has 0 aliphatic rings. The SMILES string of the molecule is CCC(C)CCC(C)CCC(O)CC. The number of rotatable bonds is 8. The molecule has 0 aromatic heterocycles. The molecule has 86 valence electrons. The van der Waals surface area contributed by atoms with E-state index in [2.05, 4.69) is 27.7 Å². The Morgan fingerprint density at radius 3 is 1.79 bits per heavy atom. The molecule has 14 heavy (non-hydrogen) atoms. The molecule has 0 rings (SSSR count). The van der Waals surface area contributed by atoms with Gasteiger partial charge in [0.2, 0.25) is 0 Å². The fourth-order valence-electron chi connectivity index (χ4n) is 1.60. The van der Waals surface area contributed by atoms with Crippen LogP contribution in [0.15, 0.2) is 0 Å². The van der Waals surface area contributed by atoms with Crippen molar-refractivity contribution < 1.29 is 5.11 Å². The third-order valence-electron chi connectivity index (χ3n) is 3.31. The molecule has 0 aromatic carbocycles. The first-order valence-electron chi connectivity index (χ1n) is 6.28. The second kappa shape index (κ2) is 8.28. The lowest BCUT2D eigenvalue weighted by Gasteiger charge is -2.15. The zero-order valence-corrected chi connectivity index (χ0v) is 10.4. The molecule has 0 saturated carbocycles. The molecule has 0 spiro atoms. The minimum atomic E-state index is -0.0685. The van der Waals surface area contributed by atoms with Crippen molar-refractivity contribution in [3.05, 3.63) is 0 Å². The third kappa shape index (κ3) is 7.37. The highest BCUT2D eigenvalue weighted by Crippen LogP contribution is 2.19. The summed E-state index contributed by atoms with van der Waals surface area (Å²) in [6.45, 7) is 8.95. The smallest absolute Gasteiger partial charge is 0.0537 e. The summed E-state index contributed by atoms with van der Waals surface area (Å²) < 4.78 is 0. The second-order valence-corrected chi connectivity index (χ2v) is 4.84. The topological polar surface area (TPSA) is 20.2 Å². The number of hydrogen-bond donors (Lipinski definition) is 1. The third-order valence-corrected chi connectivity index (χ3v) is 3.31. The van der Waals surface area contributed by atoms with Crippen LogP contribution in [-0.2, 0) is 0 Å². The molecule has 0 aliphatic heterocycles. The first-order chi connectivity index (χ1) is 6.60. The van der Waals surface area contributed by atoms with Crippen molar-refractivity contribution in [1.29, 1.82) is 0 Å². The molecule has 0 aliphatic carbocycles. The van der Waals surface area contributed by atoms with Gasteiger partial charge in [-0.15, -0.1) is 0 Å². The van der Waals surface area contributed by atoms with Gasteiger partial charge in [-0.3, -0.25) is 0 Å². The van der Waals surface area contributed by atoms with Crippen LogP contribution in [0.1, 0.15) is 66.2 Å². The first kappa shape index (κ1) is 14.0.